The highest BCUT2D eigenvalue weighted by molar-refractivity contribution is 7.15. The first-order valence-corrected chi connectivity index (χ1v) is 11.2. The number of halogens is 1. The molecule has 2 aliphatic carbocycles. The number of ether oxygens (including phenoxy) is 1. The van der Waals surface area contributed by atoms with Crippen LogP contribution in [0.5, 0.6) is 0 Å². The van der Waals surface area contributed by atoms with Crippen molar-refractivity contribution in [1.82, 2.24) is 0 Å². The van der Waals surface area contributed by atoms with Gasteiger partial charge in [-0.3, -0.25) is 9.59 Å². The van der Waals surface area contributed by atoms with Gasteiger partial charge in [0, 0.05) is 16.0 Å². The van der Waals surface area contributed by atoms with Gasteiger partial charge < -0.3 is 15.2 Å². The summed E-state index contributed by atoms with van der Waals surface area (Å²) in [5, 5.41) is 15.3. The van der Waals surface area contributed by atoms with Crippen molar-refractivity contribution < 1.29 is 24.2 Å². The molecule has 2 aliphatic rings. The van der Waals surface area contributed by atoms with Gasteiger partial charge in [0.15, 0.2) is 0 Å². The molecule has 158 valence electrons. The Morgan fingerprint density at radius 2 is 1.83 bits per heavy atom. The van der Waals surface area contributed by atoms with Crippen molar-refractivity contribution in [2.24, 2.45) is 23.7 Å². The monoisotopic (exact) mass is 447 g/mol. The van der Waals surface area contributed by atoms with E-state index in [-0.39, 0.29) is 29.9 Å². The normalized spacial score (nSPS) is 24.6. The van der Waals surface area contributed by atoms with Crippen LogP contribution in [0.4, 0.5) is 5.00 Å². The number of carboxylic acids is 1. The second-order valence-electron chi connectivity index (χ2n) is 7.79. The van der Waals surface area contributed by atoms with Crippen molar-refractivity contribution in [2.45, 2.75) is 26.2 Å². The number of carboxylic acid groups (broad SMARTS) is 1. The SMILES string of the molecule is CCOC(=O)c1c(-c2ccc(Cl)cc2)csc1NC(=O)[C@@H]1[C@H]2CC[C@@H](C2)[C@H]1C(=O)O. The van der Waals surface area contributed by atoms with Gasteiger partial charge in [-0.2, -0.15) is 0 Å². The highest BCUT2D eigenvalue weighted by atomic mass is 35.5. The van der Waals surface area contributed by atoms with E-state index in [9.17, 15) is 19.5 Å². The number of rotatable bonds is 6. The minimum absolute atomic E-state index is 0.0562. The highest BCUT2D eigenvalue weighted by Crippen LogP contribution is 2.53. The Kier molecular flexibility index (Phi) is 5.84. The smallest absolute Gasteiger partial charge is 0.341 e. The number of nitrogens with one attached hydrogen (secondary N) is 1. The van der Waals surface area contributed by atoms with Gasteiger partial charge in [-0.15, -0.1) is 11.3 Å². The van der Waals surface area contributed by atoms with Crippen molar-refractivity contribution in [1.29, 1.82) is 0 Å². The van der Waals surface area contributed by atoms with E-state index in [1.54, 1.807) is 36.6 Å². The van der Waals surface area contributed by atoms with E-state index in [1.165, 1.54) is 11.3 Å². The molecule has 0 unspecified atom stereocenters. The summed E-state index contributed by atoms with van der Waals surface area (Å²) < 4.78 is 5.22. The van der Waals surface area contributed by atoms with Crippen LogP contribution < -0.4 is 5.32 Å². The summed E-state index contributed by atoms with van der Waals surface area (Å²) in [6, 6.07) is 7.06. The molecule has 4 rings (SSSR count). The van der Waals surface area contributed by atoms with Crippen LogP contribution in [0, 0.1) is 23.7 Å². The molecule has 2 saturated carbocycles. The van der Waals surface area contributed by atoms with Crippen molar-refractivity contribution >= 4 is 45.8 Å². The summed E-state index contributed by atoms with van der Waals surface area (Å²) >= 11 is 7.21. The molecule has 4 atom stereocenters. The molecule has 0 aliphatic heterocycles. The minimum atomic E-state index is -0.916. The Balaban J connectivity index is 1.65. The molecule has 1 amide bonds. The molecule has 1 heterocycles. The molecule has 2 aromatic rings. The van der Waals surface area contributed by atoms with Crippen LogP contribution >= 0.6 is 22.9 Å². The maximum Gasteiger partial charge on any atom is 0.341 e. The predicted molar refractivity (Wildman–Crippen MR) is 115 cm³/mol. The minimum Gasteiger partial charge on any atom is -0.481 e. The van der Waals surface area contributed by atoms with Gasteiger partial charge in [-0.05, 0) is 55.7 Å². The summed E-state index contributed by atoms with van der Waals surface area (Å²) in [4.78, 5) is 37.6. The van der Waals surface area contributed by atoms with Gasteiger partial charge in [0.2, 0.25) is 5.91 Å². The molecule has 0 saturated heterocycles. The van der Waals surface area contributed by atoms with Crippen molar-refractivity contribution in [2.75, 3.05) is 11.9 Å². The van der Waals surface area contributed by atoms with Gasteiger partial charge in [0.05, 0.1) is 18.4 Å². The molecule has 1 aromatic heterocycles. The standard InChI is InChI=1S/C22H22ClNO5S/c1-2-29-22(28)18-15(11-5-7-14(23)8-6-11)10-30-20(18)24-19(25)16-12-3-4-13(9-12)17(16)21(26)27/h5-8,10,12-13,16-17H,2-4,9H2,1H3,(H,24,25)(H,26,27)/t12-,13-,16+,17+/m0/s1. The summed E-state index contributed by atoms with van der Waals surface area (Å²) in [5.41, 5.74) is 1.71. The number of anilines is 1. The molecule has 6 nitrogen and oxygen atoms in total. The molecular formula is C22H22ClNO5S. The fraction of sp³-hybridized carbons (Fsp3) is 0.409. The van der Waals surface area contributed by atoms with Crippen LogP contribution in [0.25, 0.3) is 11.1 Å². The Morgan fingerprint density at radius 3 is 2.47 bits per heavy atom. The molecule has 0 radical (unpaired) electrons. The first-order valence-electron chi connectivity index (χ1n) is 9.99. The van der Waals surface area contributed by atoms with E-state index in [4.69, 9.17) is 16.3 Å². The lowest BCUT2D eigenvalue weighted by Crippen LogP contribution is -2.37. The number of benzene rings is 1. The lowest BCUT2D eigenvalue weighted by atomic mass is 9.79. The summed E-state index contributed by atoms with van der Waals surface area (Å²) in [6.45, 7) is 1.92. The van der Waals surface area contributed by atoms with Crippen LogP contribution in [0.3, 0.4) is 0 Å². The number of thiophene rings is 1. The third-order valence-corrected chi connectivity index (χ3v) is 7.31. The molecule has 2 bridgehead atoms. The van der Waals surface area contributed by atoms with Gasteiger partial charge in [0.25, 0.3) is 0 Å². The van der Waals surface area contributed by atoms with Crippen molar-refractivity contribution in [3.8, 4) is 11.1 Å². The number of hydrogen-bond donors (Lipinski definition) is 2. The summed E-state index contributed by atoms with van der Waals surface area (Å²) in [6.07, 6.45) is 2.51. The van der Waals surface area contributed by atoms with Crippen molar-refractivity contribution in [3.05, 3.63) is 40.2 Å². The van der Waals surface area contributed by atoms with Gasteiger partial charge >= 0.3 is 11.9 Å². The van der Waals surface area contributed by atoms with E-state index in [2.05, 4.69) is 5.32 Å². The maximum atomic E-state index is 13.1. The van der Waals surface area contributed by atoms with Crippen molar-refractivity contribution in [3.63, 3.8) is 0 Å². The first kappa shape index (κ1) is 20.9. The van der Waals surface area contributed by atoms with Crippen LogP contribution in [0.15, 0.2) is 29.6 Å². The zero-order valence-electron chi connectivity index (χ0n) is 16.4. The number of carbonyl (C=O) groups is 3. The van der Waals surface area contributed by atoms with Crippen LogP contribution in [0.1, 0.15) is 36.5 Å². The third-order valence-electron chi connectivity index (χ3n) is 6.17. The number of aliphatic carboxylic acids is 1. The average molecular weight is 448 g/mol. The second kappa shape index (κ2) is 8.40. The lowest BCUT2D eigenvalue weighted by Gasteiger charge is -2.26. The predicted octanol–water partition coefficient (Wildman–Crippen LogP) is 4.93. The summed E-state index contributed by atoms with van der Waals surface area (Å²) in [7, 11) is 0. The first-order chi connectivity index (χ1) is 14.4. The van der Waals surface area contributed by atoms with Gasteiger partial charge in [0.1, 0.15) is 10.6 Å². The lowest BCUT2D eigenvalue weighted by molar-refractivity contribution is -0.148. The molecule has 8 heteroatoms. The zero-order valence-corrected chi connectivity index (χ0v) is 18.0. The number of hydrogen-bond acceptors (Lipinski definition) is 5. The van der Waals surface area contributed by atoms with E-state index >= 15 is 0 Å². The quantitative estimate of drug-likeness (QED) is 0.612. The molecule has 2 fully saturated rings. The molecular weight excluding hydrogens is 426 g/mol. The Morgan fingerprint density at radius 1 is 1.17 bits per heavy atom. The molecule has 0 spiro atoms. The summed E-state index contributed by atoms with van der Waals surface area (Å²) in [5.74, 6) is -2.87. The topological polar surface area (TPSA) is 92.7 Å². The number of carbonyl (C=O) groups excluding carboxylic acids is 2. The van der Waals surface area contributed by atoms with Crippen LogP contribution in [-0.2, 0) is 14.3 Å². The fourth-order valence-corrected chi connectivity index (χ4v) is 6.00. The van der Waals surface area contributed by atoms with E-state index in [0.717, 1.165) is 24.8 Å². The Bertz CT molecular complexity index is 986. The number of fused-ring (bicyclic) bond motifs is 2. The number of esters is 1. The average Bonchev–Trinajstić information content (AvgIpc) is 3.42. The van der Waals surface area contributed by atoms with Gasteiger partial charge in [-0.25, -0.2) is 4.79 Å². The molecule has 1 aromatic carbocycles. The number of amides is 1. The van der Waals surface area contributed by atoms with Crippen LogP contribution in [-0.4, -0.2) is 29.6 Å². The van der Waals surface area contributed by atoms with Gasteiger partial charge in [-0.1, -0.05) is 23.7 Å². The second-order valence-corrected chi connectivity index (χ2v) is 9.11. The molecule has 2 N–H and O–H groups in total. The largest absolute Gasteiger partial charge is 0.481 e. The Hall–Kier alpha value is -2.38. The third kappa shape index (κ3) is 3.72. The van der Waals surface area contributed by atoms with E-state index in [1.807, 2.05) is 0 Å². The van der Waals surface area contributed by atoms with Crippen LogP contribution in [0.2, 0.25) is 5.02 Å². The highest BCUT2D eigenvalue weighted by Gasteiger charge is 2.54. The maximum absolute atomic E-state index is 13.1. The fourth-order valence-electron chi connectivity index (χ4n) is 4.92. The van der Waals surface area contributed by atoms with E-state index < -0.39 is 23.8 Å². The molecule has 30 heavy (non-hydrogen) atoms. The Labute approximate surface area is 183 Å². The van der Waals surface area contributed by atoms with E-state index in [0.29, 0.717) is 15.6 Å². The zero-order chi connectivity index (χ0) is 21.4.